The molecule has 1 heterocycles. The van der Waals surface area contributed by atoms with Crippen molar-refractivity contribution in [3.63, 3.8) is 0 Å². The first-order chi connectivity index (χ1) is 7.58. The van der Waals surface area contributed by atoms with Crippen molar-refractivity contribution in [1.29, 1.82) is 0 Å². The van der Waals surface area contributed by atoms with E-state index in [9.17, 15) is 0 Å². The molecule has 3 heteroatoms. The van der Waals surface area contributed by atoms with Gasteiger partial charge in [0.25, 0.3) is 0 Å². The van der Waals surface area contributed by atoms with E-state index < -0.39 is 0 Å². The third-order valence-corrected chi connectivity index (χ3v) is 2.74. The summed E-state index contributed by atoms with van der Waals surface area (Å²) in [5, 5.41) is 3.90. The molecule has 0 aliphatic carbocycles. The number of halogens is 1. The zero-order valence-corrected chi connectivity index (χ0v) is 11.1. The van der Waals surface area contributed by atoms with Crippen molar-refractivity contribution in [3.8, 4) is 0 Å². The summed E-state index contributed by atoms with van der Waals surface area (Å²) >= 11 is 5.82. The van der Waals surface area contributed by atoms with Crippen LogP contribution >= 0.6 is 11.6 Å². The molecule has 1 N–H and O–H groups in total. The summed E-state index contributed by atoms with van der Waals surface area (Å²) in [5.41, 5.74) is 0. The number of hydrogen-bond acceptors (Lipinski definition) is 2. The van der Waals surface area contributed by atoms with Crippen LogP contribution in [0.4, 0.5) is 5.82 Å². The van der Waals surface area contributed by atoms with Crippen LogP contribution in [0.15, 0.2) is 18.2 Å². The van der Waals surface area contributed by atoms with Crippen LogP contribution in [0.2, 0.25) is 5.15 Å². The Kier molecular flexibility index (Phi) is 5.61. The number of aromatic nitrogens is 1. The molecule has 0 saturated heterocycles. The summed E-state index contributed by atoms with van der Waals surface area (Å²) in [7, 11) is 0. The molecule has 0 saturated carbocycles. The summed E-state index contributed by atoms with van der Waals surface area (Å²) in [6, 6.07) is 6.10. The van der Waals surface area contributed by atoms with Gasteiger partial charge in [0.15, 0.2) is 0 Å². The normalized spacial score (nSPS) is 12.8. The monoisotopic (exact) mass is 240 g/mol. The van der Waals surface area contributed by atoms with Crippen LogP contribution in [0, 0.1) is 5.92 Å². The van der Waals surface area contributed by atoms with Crippen LogP contribution in [0.1, 0.15) is 40.0 Å². The molecule has 0 aliphatic heterocycles. The largest absolute Gasteiger partial charge is 0.368 e. The van der Waals surface area contributed by atoms with Crippen LogP contribution in [0.5, 0.6) is 0 Å². The van der Waals surface area contributed by atoms with Crippen molar-refractivity contribution in [3.05, 3.63) is 23.4 Å². The van der Waals surface area contributed by atoms with Gasteiger partial charge < -0.3 is 5.32 Å². The molecule has 0 radical (unpaired) electrons. The van der Waals surface area contributed by atoms with Crippen LogP contribution in [0.25, 0.3) is 0 Å². The third-order valence-electron chi connectivity index (χ3n) is 2.53. The third kappa shape index (κ3) is 5.36. The quantitative estimate of drug-likeness (QED) is 0.748. The molecule has 1 atom stereocenters. The predicted molar refractivity (Wildman–Crippen MR) is 71.0 cm³/mol. The second-order valence-corrected chi connectivity index (χ2v) is 5.10. The molecule has 1 unspecified atom stereocenters. The SMILES string of the molecule is CC(C)CCCC(C)Nc1cccc(Cl)n1. The fourth-order valence-electron chi connectivity index (χ4n) is 1.65. The zero-order valence-electron chi connectivity index (χ0n) is 10.3. The Labute approximate surface area is 103 Å². The highest BCUT2D eigenvalue weighted by Crippen LogP contribution is 2.13. The summed E-state index contributed by atoms with van der Waals surface area (Å²) in [5.74, 6) is 1.65. The van der Waals surface area contributed by atoms with Gasteiger partial charge in [0, 0.05) is 6.04 Å². The zero-order chi connectivity index (χ0) is 12.0. The minimum Gasteiger partial charge on any atom is -0.368 e. The fourth-order valence-corrected chi connectivity index (χ4v) is 1.81. The first-order valence-corrected chi connectivity index (χ1v) is 6.35. The number of pyridine rings is 1. The van der Waals surface area contributed by atoms with Gasteiger partial charge >= 0.3 is 0 Å². The maximum atomic E-state index is 5.82. The molecule has 0 aliphatic rings. The lowest BCUT2D eigenvalue weighted by Gasteiger charge is -2.15. The Bertz CT molecular complexity index is 313. The van der Waals surface area contributed by atoms with E-state index in [1.165, 1.54) is 19.3 Å². The molecule has 0 aromatic carbocycles. The molecule has 1 aromatic heterocycles. The average Bonchev–Trinajstić information content (AvgIpc) is 2.16. The van der Waals surface area contributed by atoms with Crippen molar-refractivity contribution in [2.75, 3.05) is 5.32 Å². The molecule has 2 nitrogen and oxygen atoms in total. The van der Waals surface area contributed by atoms with Crippen LogP contribution < -0.4 is 5.32 Å². The molecular formula is C13H21ClN2. The smallest absolute Gasteiger partial charge is 0.131 e. The minimum atomic E-state index is 0.449. The van der Waals surface area contributed by atoms with E-state index >= 15 is 0 Å². The highest BCUT2D eigenvalue weighted by molar-refractivity contribution is 6.29. The van der Waals surface area contributed by atoms with Crippen molar-refractivity contribution in [1.82, 2.24) is 4.98 Å². The molecule has 0 fully saturated rings. The first kappa shape index (κ1) is 13.3. The van der Waals surface area contributed by atoms with Gasteiger partial charge in [-0.05, 0) is 31.4 Å². The standard InChI is InChI=1S/C13H21ClN2/c1-10(2)6-4-7-11(3)15-13-9-5-8-12(14)16-13/h5,8-11H,4,6-7H2,1-3H3,(H,15,16). The highest BCUT2D eigenvalue weighted by atomic mass is 35.5. The minimum absolute atomic E-state index is 0.449. The molecule has 0 amide bonds. The molecule has 1 rings (SSSR count). The molecule has 0 spiro atoms. The van der Waals surface area contributed by atoms with E-state index in [4.69, 9.17) is 11.6 Å². The Morgan fingerprint density at radius 3 is 2.62 bits per heavy atom. The highest BCUT2D eigenvalue weighted by Gasteiger charge is 2.04. The van der Waals surface area contributed by atoms with E-state index in [-0.39, 0.29) is 0 Å². The van der Waals surface area contributed by atoms with E-state index in [1.54, 1.807) is 6.07 Å². The van der Waals surface area contributed by atoms with Crippen molar-refractivity contribution >= 4 is 17.4 Å². The Morgan fingerprint density at radius 1 is 1.25 bits per heavy atom. The van der Waals surface area contributed by atoms with Gasteiger partial charge in [0.05, 0.1) is 0 Å². The van der Waals surface area contributed by atoms with Crippen molar-refractivity contribution in [2.24, 2.45) is 5.92 Å². The van der Waals surface area contributed by atoms with Crippen molar-refractivity contribution < 1.29 is 0 Å². The van der Waals surface area contributed by atoms with Crippen molar-refractivity contribution in [2.45, 2.75) is 46.1 Å². The number of hydrogen-bond donors (Lipinski definition) is 1. The Hall–Kier alpha value is -0.760. The number of anilines is 1. The predicted octanol–water partition coefficient (Wildman–Crippen LogP) is 4.36. The Balaban J connectivity index is 2.31. The van der Waals surface area contributed by atoms with Gasteiger partial charge in [-0.2, -0.15) is 0 Å². The fraction of sp³-hybridized carbons (Fsp3) is 0.615. The van der Waals surface area contributed by atoms with Gasteiger partial charge in [-0.3, -0.25) is 0 Å². The molecular weight excluding hydrogens is 220 g/mol. The van der Waals surface area contributed by atoms with E-state index in [0.29, 0.717) is 11.2 Å². The first-order valence-electron chi connectivity index (χ1n) is 5.97. The van der Waals surface area contributed by atoms with Crippen LogP contribution in [0.3, 0.4) is 0 Å². The van der Waals surface area contributed by atoms with Crippen LogP contribution in [-0.2, 0) is 0 Å². The maximum absolute atomic E-state index is 5.82. The summed E-state index contributed by atoms with van der Waals surface area (Å²) in [6.07, 6.45) is 3.72. The van der Waals surface area contributed by atoms with Crippen LogP contribution in [-0.4, -0.2) is 11.0 Å². The van der Waals surface area contributed by atoms with Gasteiger partial charge in [0.2, 0.25) is 0 Å². The number of rotatable bonds is 6. The summed E-state index contributed by atoms with van der Waals surface area (Å²) in [6.45, 7) is 6.70. The van der Waals surface area contributed by atoms with E-state index in [0.717, 1.165) is 11.7 Å². The van der Waals surface area contributed by atoms with E-state index in [1.807, 2.05) is 12.1 Å². The molecule has 90 valence electrons. The average molecular weight is 241 g/mol. The second-order valence-electron chi connectivity index (χ2n) is 4.72. The molecule has 1 aromatic rings. The van der Waals surface area contributed by atoms with Gasteiger partial charge in [0.1, 0.15) is 11.0 Å². The topological polar surface area (TPSA) is 24.9 Å². The van der Waals surface area contributed by atoms with Gasteiger partial charge in [-0.15, -0.1) is 0 Å². The second kappa shape index (κ2) is 6.74. The summed E-state index contributed by atoms with van der Waals surface area (Å²) in [4.78, 5) is 4.21. The lowest BCUT2D eigenvalue weighted by molar-refractivity contribution is 0.520. The van der Waals surface area contributed by atoms with E-state index in [2.05, 4.69) is 31.1 Å². The maximum Gasteiger partial charge on any atom is 0.131 e. The lowest BCUT2D eigenvalue weighted by atomic mass is 10.0. The number of nitrogens with zero attached hydrogens (tertiary/aromatic N) is 1. The van der Waals surface area contributed by atoms with Gasteiger partial charge in [-0.1, -0.05) is 44.4 Å². The lowest BCUT2D eigenvalue weighted by Crippen LogP contribution is -2.16. The number of nitrogens with one attached hydrogen (secondary N) is 1. The molecule has 16 heavy (non-hydrogen) atoms. The molecule has 0 bridgehead atoms. The Morgan fingerprint density at radius 2 is 2.00 bits per heavy atom. The summed E-state index contributed by atoms with van der Waals surface area (Å²) < 4.78 is 0. The van der Waals surface area contributed by atoms with Gasteiger partial charge in [-0.25, -0.2) is 4.98 Å².